The van der Waals surface area contributed by atoms with Crippen LogP contribution in [-0.4, -0.2) is 70.1 Å². The molecule has 0 aromatic heterocycles. The van der Waals surface area contributed by atoms with E-state index in [2.05, 4.69) is 38.6 Å². The number of hydrogen-bond acceptors (Lipinski definition) is 12. The number of carbonyl (C=O) groups excluding carboxylic acids is 1. The van der Waals surface area contributed by atoms with Gasteiger partial charge in [-0.05, 0) is 146 Å². The molecule has 2 fully saturated rings. The highest BCUT2D eigenvalue weighted by Crippen LogP contribution is 2.62. The Balaban J connectivity index is 1.22. The Hall–Kier alpha value is -6.22. The van der Waals surface area contributed by atoms with Gasteiger partial charge in [-0.15, -0.1) is 6.58 Å². The lowest BCUT2D eigenvalue weighted by Gasteiger charge is -2.60. The first-order valence-electron chi connectivity index (χ1n) is 26.0. The summed E-state index contributed by atoms with van der Waals surface area (Å²) >= 11 is 0. The molecule has 382 valence electrons. The van der Waals surface area contributed by atoms with E-state index in [9.17, 15) is 20.3 Å². The lowest BCUT2D eigenvalue weighted by atomic mass is 9.55. The molecule has 0 bridgehead atoms. The van der Waals surface area contributed by atoms with Crippen LogP contribution in [0.5, 0.6) is 28.7 Å². The minimum absolute atomic E-state index is 0.0108. The van der Waals surface area contributed by atoms with Crippen molar-refractivity contribution in [2.75, 3.05) is 26.6 Å². The first-order valence-corrected chi connectivity index (χ1v) is 26.0. The Morgan fingerprint density at radius 1 is 0.875 bits per heavy atom. The zero-order chi connectivity index (χ0) is 50.2. The van der Waals surface area contributed by atoms with Gasteiger partial charge in [0.05, 0.1) is 23.2 Å². The molecule has 0 unspecified atom stereocenters. The van der Waals surface area contributed by atoms with E-state index in [1.165, 1.54) is 30.5 Å². The summed E-state index contributed by atoms with van der Waals surface area (Å²) in [5.41, 5.74) is 6.35. The largest absolute Gasteiger partial charge is 0.459 e. The number of carbonyl (C=O) groups is 1. The van der Waals surface area contributed by atoms with Crippen molar-refractivity contribution < 1.29 is 48.5 Å². The van der Waals surface area contributed by atoms with Crippen molar-refractivity contribution >= 4 is 17.3 Å². The summed E-state index contributed by atoms with van der Waals surface area (Å²) in [4.78, 5) is 34.8. The number of aryl methyl sites for hydroxylation is 2. The topological polar surface area (TPSA) is 172 Å². The first-order chi connectivity index (χ1) is 35.1. The third-order valence-corrected chi connectivity index (χ3v) is 15.6. The average molecular weight is 984 g/mol. The molecule has 3 aliphatic carbocycles. The highest BCUT2D eigenvalue weighted by molar-refractivity contribution is 6.03. The maximum absolute atomic E-state index is 15.4. The molecule has 1 amide bonds. The van der Waals surface area contributed by atoms with Crippen molar-refractivity contribution in [1.82, 2.24) is 4.90 Å². The number of nitrogens with zero attached hydrogens (tertiary/aromatic N) is 3. The van der Waals surface area contributed by atoms with Gasteiger partial charge in [0.1, 0.15) is 29.9 Å². The predicted molar refractivity (Wildman–Crippen MR) is 273 cm³/mol. The van der Waals surface area contributed by atoms with Gasteiger partial charge < -0.3 is 43.6 Å². The summed E-state index contributed by atoms with van der Waals surface area (Å²) in [6.07, 6.45) is 14.4. The number of aliphatic hydroxyl groups excluding tert-OH is 2. The number of hydrogen-bond donors (Lipinski definition) is 2. The lowest BCUT2D eigenvalue weighted by Crippen LogP contribution is -2.70. The van der Waals surface area contributed by atoms with E-state index < -0.39 is 22.7 Å². The number of amides is 1. The van der Waals surface area contributed by atoms with Gasteiger partial charge >= 0.3 is 0 Å². The SMILES string of the molecule is C=CCO[C@@]12Oc3ccc(Oc4ccc(C)c(C)c4)cc3[C@H]3[C@H](CCCCO)[C@@H](CCCCO)C=C(C(=NOCc4ccc([N+](=O)[O-])cc4)C[C@@H]1N(Cc1ccc4c(c1)OCO4)C(=O)CCC1CCCC1)[C@H]32. The molecule has 6 atom stereocenters. The van der Waals surface area contributed by atoms with Crippen LogP contribution < -0.4 is 18.9 Å². The van der Waals surface area contributed by atoms with E-state index >= 15 is 4.79 Å². The van der Waals surface area contributed by atoms with E-state index in [-0.39, 0.29) is 75.5 Å². The number of non-ortho nitro benzene ring substituents is 1. The van der Waals surface area contributed by atoms with Crippen LogP contribution in [0.2, 0.25) is 0 Å². The van der Waals surface area contributed by atoms with Gasteiger partial charge in [0, 0.05) is 56.2 Å². The monoisotopic (exact) mass is 983 g/mol. The number of ether oxygens (including phenoxy) is 5. The maximum atomic E-state index is 15.4. The van der Waals surface area contributed by atoms with E-state index in [0.717, 1.165) is 73.0 Å². The van der Waals surface area contributed by atoms with Gasteiger partial charge in [0.25, 0.3) is 5.69 Å². The molecule has 0 spiro atoms. The second-order valence-electron chi connectivity index (χ2n) is 20.2. The third kappa shape index (κ3) is 11.1. The fourth-order valence-corrected chi connectivity index (χ4v) is 11.9. The molecule has 2 saturated carbocycles. The summed E-state index contributed by atoms with van der Waals surface area (Å²) in [7, 11) is 0. The van der Waals surface area contributed by atoms with Crippen molar-refractivity contribution in [3.63, 3.8) is 0 Å². The molecule has 72 heavy (non-hydrogen) atoms. The van der Waals surface area contributed by atoms with E-state index in [1.807, 2.05) is 47.4 Å². The molecule has 2 N–H and O–H groups in total. The number of benzene rings is 4. The molecule has 0 saturated heterocycles. The van der Waals surface area contributed by atoms with E-state index in [0.29, 0.717) is 59.5 Å². The van der Waals surface area contributed by atoms with Crippen LogP contribution in [0.25, 0.3) is 0 Å². The molecule has 5 aliphatic rings. The molecule has 14 nitrogen and oxygen atoms in total. The number of rotatable bonds is 23. The van der Waals surface area contributed by atoms with Crippen LogP contribution in [0.3, 0.4) is 0 Å². The number of nitro benzene ring substituents is 1. The van der Waals surface area contributed by atoms with Gasteiger partial charge in [-0.2, -0.15) is 0 Å². The van der Waals surface area contributed by atoms with Crippen molar-refractivity contribution in [3.8, 4) is 28.7 Å². The number of allylic oxidation sites excluding steroid dienone is 1. The van der Waals surface area contributed by atoms with Gasteiger partial charge in [-0.25, -0.2) is 0 Å². The summed E-state index contributed by atoms with van der Waals surface area (Å²) in [6.45, 7) is 8.93. The van der Waals surface area contributed by atoms with Crippen molar-refractivity contribution in [2.24, 2.45) is 28.8 Å². The average Bonchev–Trinajstić information content (AvgIpc) is 4.10. The van der Waals surface area contributed by atoms with Gasteiger partial charge in [-0.1, -0.05) is 68.0 Å². The van der Waals surface area contributed by atoms with Crippen LogP contribution in [-0.2, 0) is 27.5 Å². The minimum atomic E-state index is -1.46. The minimum Gasteiger partial charge on any atom is -0.459 e. The van der Waals surface area contributed by atoms with Crippen molar-refractivity contribution in [3.05, 3.63) is 141 Å². The first kappa shape index (κ1) is 50.7. The quantitative estimate of drug-likeness (QED) is 0.0314. The smallest absolute Gasteiger partial charge is 0.269 e. The number of unbranched alkanes of at least 4 members (excludes halogenated alkanes) is 2. The predicted octanol–water partition coefficient (Wildman–Crippen LogP) is 11.6. The molecular weight excluding hydrogens is 915 g/mol. The standard InChI is InChI=1S/C58H69N3O11/c1-4-29-69-58-54(60(55(64)26-19-40-11-5-6-12-40)35-42-18-24-52-53(31-42)68-37-67-52)34-50(59-70-36-41-16-20-44(21-17-41)61(65)66)48-32-43(13-7-9-27-62)47(14-8-10-28-63)56(57(48)58)49-33-46(23-25-51(49)72-58)71-45-22-15-38(2)39(3)30-45/h4,15-18,20-25,30-33,40,43,47,54,56-57,62-63H,1,5-14,19,26-29,34-37H2,2-3H3/t43-,47+,54-,56+,57+,58+/m0/s1. The molecular formula is C58H69N3O11. The van der Waals surface area contributed by atoms with Gasteiger partial charge in [0.2, 0.25) is 18.5 Å². The second kappa shape index (κ2) is 23.1. The molecule has 4 aromatic rings. The van der Waals surface area contributed by atoms with Crippen molar-refractivity contribution in [1.29, 1.82) is 0 Å². The van der Waals surface area contributed by atoms with Crippen molar-refractivity contribution in [2.45, 2.75) is 128 Å². The highest BCUT2D eigenvalue weighted by Gasteiger charge is 2.65. The molecule has 2 aliphatic heterocycles. The van der Waals surface area contributed by atoms with E-state index in [1.54, 1.807) is 18.2 Å². The van der Waals surface area contributed by atoms with Crippen LogP contribution in [0, 0.1) is 47.6 Å². The molecule has 2 heterocycles. The number of nitro groups is 1. The lowest BCUT2D eigenvalue weighted by molar-refractivity contribution is -0.384. The van der Waals surface area contributed by atoms with Gasteiger partial charge in [0.15, 0.2) is 11.5 Å². The molecule has 0 radical (unpaired) electrons. The highest BCUT2D eigenvalue weighted by atomic mass is 16.7. The summed E-state index contributed by atoms with van der Waals surface area (Å²) < 4.78 is 33.1. The molecule has 4 aromatic carbocycles. The number of aliphatic hydroxyl groups is 2. The van der Waals surface area contributed by atoms with Crippen LogP contribution in [0.1, 0.15) is 117 Å². The fourth-order valence-electron chi connectivity index (χ4n) is 11.9. The Morgan fingerprint density at radius 2 is 1.60 bits per heavy atom. The Kier molecular flexibility index (Phi) is 16.3. The Bertz CT molecular complexity index is 2630. The summed E-state index contributed by atoms with van der Waals surface area (Å²) in [5, 5.41) is 36.7. The fraction of sp³-hybridized carbons (Fsp3) is 0.483. The zero-order valence-electron chi connectivity index (χ0n) is 41.7. The van der Waals surface area contributed by atoms with E-state index in [4.69, 9.17) is 33.7 Å². The molecule has 9 rings (SSSR count). The van der Waals surface area contributed by atoms with Crippen LogP contribution in [0.15, 0.2) is 108 Å². The molecule has 14 heteroatoms. The van der Waals surface area contributed by atoms with Crippen LogP contribution in [0.4, 0.5) is 5.69 Å². The summed E-state index contributed by atoms with van der Waals surface area (Å²) in [5.74, 6) is 1.50. The van der Waals surface area contributed by atoms with Crippen LogP contribution >= 0.6 is 0 Å². The number of fused-ring (bicyclic) bond motifs is 3. The Morgan fingerprint density at radius 3 is 2.35 bits per heavy atom. The number of oxime groups is 1. The maximum Gasteiger partial charge on any atom is 0.269 e. The second-order valence-corrected chi connectivity index (χ2v) is 20.2. The summed E-state index contributed by atoms with van der Waals surface area (Å²) in [6, 6.07) is 23.4. The normalized spacial score (nSPS) is 23.4. The zero-order valence-corrected chi connectivity index (χ0v) is 41.7. The van der Waals surface area contributed by atoms with Gasteiger partial charge in [-0.3, -0.25) is 14.9 Å². The Labute approximate surface area is 422 Å². The third-order valence-electron chi connectivity index (χ3n) is 15.6.